The van der Waals surface area contributed by atoms with Crippen LogP contribution in [0.15, 0.2) is 0 Å². The van der Waals surface area contributed by atoms with Crippen molar-refractivity contribution in [1.82, 2.24) is 4.90 Å². The first kappa shape index (κ1) is 16.0. The first-order chi connectivity index (χ1) is 8.97. The van der Waals surface area contributed by atoms with E-state index in [2.05, 4.69) is 13.8 Å². The van der Waals surface area contributed by atoms with Crippen molar-refractivity contribution in [2.75, 3.05) is 20.2 Å². The number of amides is 1. The molecule has 0 N–H and O–H groups in total. The Labute approximate surface area is 116 Å². The van der Waals surface area contributed by atoms with Gasteiger partial charge in [-0.3, -0.25) is 9.59 Å². The lowest BCUT2D eigenvalue weighted by atomic mass is 9.87. The molecule has 110 valence electrons. The second-order valence-corrected chi connectivity index (χ2v) is 5.88. The quantitative estimate of drug-likeness (QED) is 0.696. The van der Waals surface area contributed by atoms with Crippen LogP contribution in [0.2, 0.25) is 0 Å². The van der Waals surface area contributed by atoms with Crippen molar-refractivity contribution in [1.29, 1.82) is 0 Å². The fourth-order valence-electron chi connectivity index (χ4n) is 2.66. The predicted molar refractivity (Wildman–Crippen MR) is 74.6 cm³/mol. The van der Waals surface area contributed by atoms with E-state index in [0.717, 1.165) is 38.8 Å². The van der Waals surface area contributed by atoms with Gasteiger partial charge in [0, 0.05) is 19.0 Å². The zero-order chi connectivity index (χ0) is 14.4. The molecule has 1 heterocycles. The third-order valence-corrected chi connectivity index (χ3v) is 4.05. The van der Waals surface area contributed by atoms with Crippen LogP contribution in [0.3, 0.4) is 0 Å². The summed E-state index contributed by atoms with van der Waals surface area (Å²) in [5, 5.41) is 0. The van der Waals surface area contributed by atoms with Crippen molar-refractivity contribution in [3.8, 4) is 0 Å². The molecule has 19 heavy (non-hydrogen) atoms. The van der Waals surface area contributed by atoms with E-state index in [1.165, 1.54) is 7.11 Å². The number of carbonyl (C=O) groups excluding carboxylic acids is 2. The Balaban J connectivity index is 2.53. The number of carbonyl (C=O) groups is 2. The van der Waals surface area contributed by atoms with Crippen molar-refractivity contribution < 1.29 is 14.3 Å². The third kappa shape index (κ3) is 4.51. The molecule has 1 amide bonds. The highest BCUT2D eigenvalue weighted by Crippen LogP contribution is 2.24. The number of hydrogen-bond donors (Lipinski definition) is 0. The maximum absolute atomic E-state index is 12.4. The summed E-state index contributed by atoms with van der Waals surface area (Å²) < 4.78 is 4.73. The molecule has 1 rings (SSSR count). The highest BCUT2D eigenvalue weighted by molar-refractivity contribution is 5.79. The molecule has 2 unspecified atom stereocenters. The number of esters is 1. The second kappa shape index (κ2) is 7.51. The van der Waals surface area contributed by atoms with E-state index in [1.54, 1.807) is 0 Å². The minimum Gasteiger partial charge on any atom is -0.469 e. The topological polar surface area (TPSA) is 46.6 Å². The van der Waals surface area contributed by atoms with E-state index >= 15 is 0 Å². The molecule has 0 bridgehead atoms. The van der Waals surface area contributed by atoms with Crippen LogP contribution < -0.4 is 0 Å². The van der Waals surface area contributed by atoms with E-state index in [0.29, 0.717) is 5.92 Å². The molecule has 0 spiro atoms. The largest absolute Gasteiger partial charge is 0.469 e. The van der Waals surface area contributed by atoms with E-state index in [9.17, 15) is 9.59 Å². The van der Waals surface area contributed by atoms with Crippen LogP contribution in [0.25, 0.3) is 0 Å². The average molecular weight is 269 g/mol. The van der Waals surface area contributed by atoms with Crippen LogP contribution in [0.5, 0.6) is 0 Å². The lowest BCUT2D eigenvalue weighted by Crippen LogP contribution is -2.36. The molecule has 0 aromatic rings. The molecule has 0 aromatic carbocycles. The summed E-state index contributed by atoms with van der Waals surface area (Å²) in [5.74, 6) is 0.307. The number of ether oxygens (including phenoxy) is 1. The van der Waals surface area contributed by atoms with Gasteiger partial charge in [0.25, 0.3) is 0 Å². The minimum atomic E-state index is -0.184. The summed E-state index contributed by atoms with van der Waals surface area (Å²) in [4.78, 5) is 25.8. The molecule has 0 saturated carbocycles. The van der Waals surface area contributed by atoms with Crippen molar-refractivity contribution in [3.63, 3.8) is 0 Å². The molecule has 1 saturated heterocycles. The maximum atomic E-state index is 12.4. The Morgan fingerprint density at radius 2 is 1.68 bits per heavy atom. The predicted octanol–water partition coefficient (Wildman–Crippen LogP) is 2.47. The number of rotatable bonds is 6. The van der Waals surface area contributed by atoms with Crippen molar-refractivity contribution in [3.05, 3.63) is 0 Å². The van der Waals surface area contributed by atoms with E-state index in [-0.39, 0.29) is 23.7 Å². The summed E-state index contributed by atoms with van der Waals surface area (Å²) in [6.45, 7) is 7.83. The van der Waals surface area contributed by atoms with Gasteiger partial charge in [0.05, 0.1) is 13.0 Å². The van der Waals surface area contributed by atoms with Gasteiger partial charge in [0.15, 0.2) is 0 Å². The summed E-state index contributed by atoms with van der Waals surface area (Å²) in [5.41, 5.74) is 0. The maximum Gasteiger partial charge on any atom is 0.308 e. The molecular formula is C15H27NO3. The Bertz CT molecular complexity index is 309. The number of hydrogen-bond acceptors (Lipinski definition) is 3. The van der Waals surface area contributed by atoms with Gasteiger partial charge in [-0.15, -0.1) is 0 Å². The van der Waals surface area contributed by atoms with Crippen LogP contribution in [0.4, 0.5) is 0 Å². The van der Waals surface area contributed by atoms with Crippen LogP contribution in [0.1, 0.15) is 46.5 Å². The molecule has 4 heteroatoms. The van der Waals surface area contributed by atoms with Gasteiger partial charge in [0.2, 0.25) is 5.91 Å². The van der Waals surface area contributed by atoms with Crippen molar-refractivity contribution in [2.45, 2.75) is 46.5 Å². The van der Waals surface area contributed by atoms with E-state index in [1.807, 2.05) is 11.8 Å². The van der Waals surface area contributed by atoms with Gasteiger partial charge in [-0.1, -0.05) is 20.8 Å². The molecule has 0 radical (unpaired) electrons. The van der Waals surface area contributed by atoms with Gasteiger partial charge in [-0.25, -0.2) is 0 Å². The summed E-state index contributed by atoms with van der Waals surface area (Å²) >= 11 is 0. The van der Waals surface area contributed by atoms with E-state index in [4.69, 9.17) is 4.74 Å². The summed E-state index contributed by atoms with van der Waals surface area (Å²) in [6.07, 6.45) is 3.72. The van der Waals surface area contributed by atoms with Gasteiger partial charge < -0.3 is 9.64 Å². The van der Waals surface area contributed by atoms with E-state index < -0.39 is 0 Å². The molecule has 1 fully saturated rings. The van der Waals surface area contributed by atoms with Crippen molar-refractivity contribution in [2.24, 2.45) is 17.8 Å². The molecule has 0 aromatic heterocycles. The fraction of sp³-hybridized carbons (Fsp3) is 0.867. The molecule has 1 aliphatic rings. The third-order valence-electron chi connectivity index (χ3n) is 4.05. The zero-order valence-corrected chi connectivity index (χ0v) is 12.6. The number of methoxy groups -OCH3 is 1. The van der Waals surface area contributed by atoms with Crippen LogP contribution in [-0.4, -0.2) is 37.0 Å². The average Bonchev–Trinajstić information content (AvgIpc) is 2.90. The molecule has 2 atom stereocenters. The van der Waals surface area contributed by atoms with Crippen LogP contribution in [-0.2, 0) is 14.3 Å². The zero-order valence-electron chi connectivity index (χ0n) is 12.6. The highest BCUT2D eigenvalue weighted by Gasteiger charge is 2.29. The van der Waals surface area contributed by atoms with Crippen LogP contribution in [0, 0.1) is 17.8 Å². The Hall–Kier alpha value is -1.06. The Kier molecular flexibility index (Phi) is 6.32. The normalized spacial score (nSPS) is 18.5. The van der Waals surface area contributed by atoms with Gasteiger partial charge in [-0.05, 0) is 31.6 Å². The first-order valence-electron chi connectivity index (χ1n) is 7.34. The number of nitrogens with zero attached hydrogens (tertiary/aromatic N) is 1. The molecular weight excluding hydrogens is 242 g/mol. The molecule has 0 aliphatic carbocycles. The van der Waals surface area contributed by atoms with Gasteiger partial charge >= 0.3 is 5.97 Å². The molecule has 1 aliphatic heterocycles. The van der Waals surface area contributed by atoms with Crippen LogP contribution >= 0.6 is 0 Å². The standard InChI is InChI=1S/C15H27NO3/c1-11(2)13(8-7-12(3)15(18)19-4)14(17)16-9-5-6-10-16/h11-13H,5-10H2,1-4H3. The first-order valence-corrected chi connectivity index (χ1v) is 7.34. The Morgan fingerprint density at radius 1 is 1.11 bits per heavy atom. The fourth-order valence-corrected chi connectivity index (χ4v) is 2.66. The number of likely N-dealkylation sites (tertiary alicyclic amines) is 1. The van der Waals surface area contributed by atoms with Gasteiger partial charge in [-0.2, -0.15) is 0 Å². The smallest absolute Gasteiger partial charge is 0.308 e. The summed E-state index contributed by atoms with van der Waals surface area (Å²) in [7, 11) is 1.41. The minimum absolute atomic E-state index is 0.0326. The monoisotopic (exact) mass is 269 g/mol. The van der Waals surface area contributed by atoms with Gasteiger partial charge in [0.1, 0.15) is 0 Å². The molecule has 4 nitrogen and oxygen atoms in total. The van der Waals surface area contributed by atoms with Crippen molar-refractivity contribution >= 4 is 11.9 Å². The summed E-state index contributed by atoms with van der Waals surface area (Å²) in [6, 6.07) is 0. The lowest BCUT2D eigenvalue weighted by molar-refractivity contribution is -0.146. The lowest BCUT2D eigenvalue weighted by Gasteiger charge is -2.26. The second-order valence-electron chi connectivity index (χ2n) is 5.88. The Morgan fingerprint density at radius 3 is 2.16 bits per heavy atom. The highest BCUT2D eigenvalue weighted by atomic mass is 16.5. The SMILES string of the molecule is COC(=O)C(C)CCC(C(=O)N1CCCC1)C(C)C.